The zero-order chi connectivity index (χ0) is 15.1. The number of halogens is 4. The third-order valence-electron chi connectivity index (χ3n) is 2.64. The number of alkyl halides is 3. The second kappa shape index (κ2) is 5.17. The Hall–Kier alpha value is -1.41. The molecule has 0 saturated heterocycles. The van der Waals surface area contributed by atoms with Crippen LogP contribution in [0.3, 0.4) is 0 Å². The number of aryl methyl sites for hydroxylation is 1. The van der Waals surface area contributed by atoms with Crippen LogP contribution in [-0.4, -0.2) is 4.92 Å². The molecule has 2 aromatic rings. The van der Waals surface area contributed by atoms with Crippen LogP contribution in [0.5, 0.6) is 0 Å². The monoisotopic (exact) mass is 365 g/mol. The average molecular weight is 366 g/mol. The first-order valence-corrected chi connectivity index (χ1v) is 6.93. The summed E-state index contributed by atoms with van der Waals surface area (Å²) in [4.78, 5) is 10.3. The first kappa shape index (κ1) is 15.0. The molecule has 0 aliphatic rings. The third-order valence-corrected chi connectivity index (χ3v) is 4.83. The van der Waals surface area contributed by atoms with E-state index in [0.717, 1.165) is 21.5 Å². The lowest BCUT2D eigenvalue weighted by Gasteiger charge is -2.08. The molecule has 0 radical (unpaired) electrons. The molecule has 0 unspecified atom stereocenters. The molecule has 1 heterocycles. The maximum Gasteiger partial charge on any atom is 0.423 e. The summed E-state index contributed by atoms with van der Waals surface area (Å²) in [5.74, 6) is 0. The maximum atomic E-state index is 12.9. The van der Waals surface area contributed by atoms with Gasteiger partial charge in [-0.2, -0.15) is 13.2 Å². The summed E-state index contributed by atoms with van der Waals surface area (Å²) in [5, 5.41) is 10.7. The van der Waals surface area contributed by atoms with Crippen LogP contribution in [0, 0.1) is 17.0 Å². The molecule has 0 aliphatic heterocycles. The molecular formula is C12H7BrF3NO2S. The highest BCUT2D eigenvalue weighted by atomic mass is 79.9. The van der Waals surface area contributed by atoms with Gasteiger partial charge in [0, 0.05) is 10.9 Å². The fraction of sp³-hybridized carbons (Fsp3) is 0.167. The van der Waals surface area contributed by atoms with Crippen LogP contribution in [0.2, 0.25) is 0 Å². The van der Waals surface area contributed by atoms with Gasteiger partial charge in [-0.3, -0.25) is 10.1 Å². The first-order valence-electron chi connectivity index (χ1n) is 5.32. The second-order valence-electron chi connectivity index (χ2n) is 4.05. The predicted octanol–water partition coefficient (Wildman–Crippen LogP) is 5.41. The van der Waals surface area contributed by atoms with Gasteiger partial charge in [0.15, 0.2) is 0 Å². The van der Waals surface area contributed by atoms with Crippen molar-refractivity contribution in [3.05, 3.63) is 49.3 Å². The van der Waals surface area contributed by atoms with E-state index in [1.54, 1.807) is 6.07 Å². The van der Waals surface area contributed by atoms with Gasteiger partial charge in [-0.25, -0.2) is 0 Å². The fourth-order valence-corrected chi connectivity index (χ4v) is 3.21. The van der Waals surface area contributed by atoms with Gasteiger partial charge in [-0.1, -0.05) is 0 Å². The molecule has 0 atom stereocenters. The molecular weight excluding hydrogens is 359 g/mol. The molecule has 3 nitrogen and oxygen atoms in total. The van der Waals surface area contributed by atoms with Gasteiger partial charge >= 0.3 is 6.18 Å². The molecule has 1 aromatic heterocycles. The zero-order valence-corrected chi connectivity index (χ0v) is 12.4. The standard InChI is InChI=1S/C12H7BrF3NO2S/c1-6-4-10(20-11(6)13)7-2-3-9(17(18)19)8(5-7)12(14,15)16/h2-5H,1H3. The van der Waals surface area contributed by atoms with Crippen molar-refractivity contribution < 1.29 is 18.1 Å². The predicted molar refractivity (Wildman–Crippen MR) is 73.8 cm³/mol. The van der Waals surface area contributed by atoms with E-state index in [1.807, 2.05) is 6.92 Å². The van der Waals surface area contributed by atoms with Crippen molar-refractivity contribution in [3.8, 4) is 10.4 Å². The molecule has 106 valence electrons. The number of thiophene rings is 1. The molecule has 2 rings (SSSR count). The van der Waals surface area contributed by atoms with Crippen molar-refractivity contribution in [1.29, 1.82) is 0 Å². The van der Waals surface area contributed by atoms with Gasteiger partial charge in [-0.15, -0.1) is 11.3 Å². The highest BCUT2D eigenvalue weighted by Gasteiger charge is 2.38. The van der Waals surface area contributed by atoms with E-state index in [2.05, 4.69) is 15.9 Å². The van der Waals surface area contributed by atoms with Gasteiger partial charge < -0.3 is 0 Å². The Balaban J connectivity index is 2.61. The van der Waals surface area contributed by atoms with E-state index in [0.29, 0.717) is 10.4 Å². The topological polar surface area (TPSA) is 43.1 Å². The molecule has 0 N–H and O–H groups in total. The van der Waals surface area contributed by atoms with Crippen LogP contribution in [0.1, 0.15) is 11.1 Å². The molecule has 0 saturated carbocycles. The number of rotatable bonds is 2. The van der Waals surface area contributed by atoms with Crippen LogP contribution >= 0.6 is 27.3 Å². The molecule has 0 amide bonds. The largest absolute Gasteiger partial charge is 0.423 e. The third kappa shape index (κ3) is 2.85. The van der Waals surface area contributed by atoms with Gasteiger partial charge in [0.2, 0.25) is 0 Å². The van der Waals surface area contributed by atoms with Crippen LogP contribution in [0.4, 0.5) is 18.9 Å². The lowest BCUT2D eigenvalue weighted by Crippen LogP contribution is -2.08. The van der Waals surface area contributed by atoms with Crippen molar-refractivity contribution in [3.63, 3.8) is 0 Å². The van der Waals surface area contributed by atoms with E-state index < -0.39 is 22.4 Å². The van der Waals surface area contributed by atoms with E-state index >= 15 is 0 Å². The zero-order valence-electron chi connectivity index (χ0n) is 9.99. The number of nitro groups is 1. The normalized spacial score (nSPS) is 11.7. The van der Waals surface area contributed by atoms with Gasteiger partial charge in [0.25, 0.3) is 5.69 Å². The summed E-state index contributed by atoms with van der Waals surface area (Å²) in [6.07, 6.45) is -4.76. The molecule has 0 bridgehead atoms. The van der Waals surface area contributed by atoms with E-state index in [9.17, 15) is 23.3 Å². The number of nitro benzene ring substituents is 1. The highest BCUT2D eigenvalue weighted by Crippen LogP contribution is 2.41. The van der Waals surface area contributed by atoms with E-state index in [1.165, 1.54) is 17.4 Å². The van der Waals surface area contributed by atoms with Crippen molar-refractivity contribution in [2.24, 2.45) is 0 Å². The van der Waals surface area contributed by atoms with Crippen LogP contribution in [0.15, 0.2) is 28.1 Å². The number of nitrogens with zero attached hydrogens (tertiary/aromatic N) is 1. The van der Waals surface area contributed by atoms with Crippen molar-refractivity contribution in [2.45, 2.75) is 13.1 Å². The summed E-state index contributed by atoms with van der Waals surface area (Å²) < 4.78 is 39.5. The lowest BCUT2D eigenvalue weighted by atomic mass is 10.1. The summed E-state index contributed by atoms with van der Waals surface area (Å²) in [6.45, 7) is 1.82. The van der Waals surface area contributed by atoms with Crippen LogP contribution < -0.4 is 0 Å². The highest BCUT2D eigenvalue weighted by molar-refractivity contribution is 9.11. The Morgan fingerprint density at radius 3 is 2.40 bits per heavy atom. The Morgan fingerprint density at radius 1 is 1.30 bits per heavy atom. The van der Waals surface area contributed by atoms with Crippen LogP contribution in [0.25, 0.3) is 10.4 Å². The Labute approximate surface area is 124 Å². The number of hydrogen-bond donors (Lipinski definition) is 0. The molecule has 20 heavy (non-hydrogen) atoms. The van der Waals surface area contributed by atoms with E-state index in [4.69, 9.17) is 0 Å². The Morgan fingerprint density at radius 2 is 1.95 bits per heavy atom. The quantitative estimate of drug-likeness (QED) is 0.527. The number of benzene rings is 1. The molecule has 0 spiro atoms. The second-order valence-corrected chi connectivity index (χ2v) is 6.42. The number of hydrogen-bond acceptors (Lipinski definition) is 3. The van der Waals surface area contributed by atoms with Gasteiger partial charge in [-0.05, 0) is 52.2 Å². The minimum absolute atomic E-state index is 0.307. The van der Waals surface area contributed by atoms with Crippen molar-refractivity contribution in [1.82, 2.24) is 0 Å². The summed E-state index contributed by atoms with van der Waals surface area (Å²) >= 11 is 4.58. The van der Waals surface area contributed by atoms with E-state index in [-0.39, 0.29) is 0 Å². The van der Waals surface area contributed by atoms with Gasteiger partial charge in [0.1, 0.15) is 5.56 Å². The SMILES string of the molecule is Cc1cc(-c2ccc([N+](=O)[O-])c(C(F)(F)F)c2)sc1Br. The summed E-state index contributed by atoms with van der Waals surface area (Å²) in [6, 6.07) is 4.76. The first-order chi connectivity index (χ1) is 9.20. The summed E-state index contributed by atoms with van der Waals surface area (Å²) in [7, 11) is 0. The Kier molecular flexibility index (Phi) is 3.88. The average Bonchev–Trinajstić information content (AvgIpc) is 2.67. The molecule has 0 aliphatic carbocycles. The maximum absolute atomic E-state index is 12.9. The molecule has 0 fully saturated rings. The van der Waals surface area contributed by atoms with Gasteiger partial charge in [0.05, 0.1) is 8.71 Å². The van der Waals surface area contributed by atoms with Crippen LogP contribution in [-0.2, 0) is 6.18 Å². The van der Waals surface area contributed by atoms with Crippen molar-refractivity contribution >= 4 is 33.0 Å². The lowest BCUT2D eigenvalue weighted by molar-refractivity contribution is -0.388. The van der Waals surface area contributed by atoms with Crippen molar-refractivity contribution in [2.75, 3.05) is 0 Å². The Bertz CT molecular complexity index is 662. The minimum atomic E-state index is -4.76. The smallest absolute Gasteiger partial charge is 0.258 e. The summed E-state index contributed by atoms with van der Waals surface area (Å²) in [5.41, 5.74) is -0.964. The molecule has 1 aromatic carbocycles. The minimum Gasteiger partial charge on any atom is -0.258 e. The fourth-order valence-electron chi connectivity index (χ4n) is 1.68. The molecule has 8 heteroatoms.